The molecule has 0 spiro atoms. The van der Waals surface area contributed by atoms with E-state index in [-0.39, 0.29) is 0 Å². The topological polar surface area (TPSA) is 12.0 Å². The van der Waals surface area contributed by atoms with E-state index in [9.17, 15) is 0 Å². The van der Waals surface area contributed by atoms with Crippen LogP contribution in [-0.2, 0) is 0 Å². The molecule has 2 aliphatic rings. The fraction of sp³-hybridized carbons (Fsp3) is 1.00. The molecular formula is C12H23N. The predicted molar refractivity (Wildman–Crippen MR) is 56.8 cm³/mol. The summed E-state index contributed by atoms with van der Waals surface area (Å²) in [5.74, 6) is 1.08. The zero-order valence-corrected chi connectivity index (χ0v) is 8.89. The average Bonchev–Trinajstić information content (AvgIpc) is 2.80. The lowest BCUT2D eigenvalue weighted by Gasteiger charge is -2.21. The lowest BCUT2D eigenvalue weighted by atomic mass is 10.1. The van der Waals surface area contributed by atoms with Crippen LogP contribution in [-0.4, -0.2) is 12.1 Å². The van der Waals surface area contributed by atoms with Crippen molar-refractivity contribution in [1.82, 2.24) is 5.32 Å². The molecule has 1 heteroatoms. The largest absolute Gasteiger partial charge is 0.311 e. The van der Waals surface area contributed by atoms with E-state index in [0.29, 0.717) is 0 Å². The van der Waals surface area contributed by atoms with Gasteiger partial charge in [-0.25, -0.2) is 0 Å². The molecule has 2 rings (SSSR count). The van der Waals surface area contributed by atoms with Crippen LogP contribution in [0.15, 0.2) is 0 Å². The lowest BCUT2D eigenvalue weighted by molar-refractivity contribution is 0.387. The monoisotopic (exact) mass is 181 g/mol. The number of hydrogen-bond acceptors (Lipinski definition) is 1. The quantitative estimate of drug-likeness (QED) is 0.687. The van der Waals surface area contributed by atoms with Gasteiger partial charge < -0.3 is 5.32 Å². The van der Waals surface area contributed by atoms with Crippen LogP contribution in [0.1, 0.15) is 58.3 Å². The first-order valence-corrected chi connectivity index (χ1v) is 6.14. The average molecular weight is 181 g/mol. The molecule has 0 heterocycles. The first-order chi connectivity index (χ1) is 6.38. The van der Waals surface area contributed by atoms with Gasteiger partial charge >= 0.3 is 0 Å². The van der Waals surface area contributed by atoms with Crippen LogP contribution in [0.5, 0.6) is 0 Å². The summed E-state index contributed by atoms with van der Waals surface area (Å²) in [5.41, 5.74) is 0. The molecule has 2 fully saturated rings. The Morgan fingerprint density at radius 3 is 2.38 bits per heavy atom. The van der Waals surface area contributed by atoms with Gasteiger partial charge in [0.2, 0.25) is 0 Å². The van der Waals surface area contributed by atoms with Crippen molar-refractivity contribution in [3.8, 4) is 0 Å². The second-order valence-corrected chi connectivity index (χ2v) is 4.93. The summed E-state index contributed by atoms with van der Waals surface area (Å²) in [5, 5.41) is 3.84. The normalized spacial score (nSPS) is 26.5. The highest BCUT2D eigenvalue weighted by atomic mass is 15.0. The van der Waals surface area contributed by atoms with E-state index < -0.39 is 0 Å². The highest BCUT2D eigenvalue weighted by molar-refractivity contribution is 4.83. The molecule has 0 aromatic carbocycles. The third-order valence-corrected chi connectivity index (χ3v) is 3.63. The summed E-state index contributed by atoms with van der Waals surface area (Å²) in [6, 6.07) is 1.69. The maximum Gasteiger partial charge on any atom is 0.00696 e. The molecule has 1 unspecified atom stereocenters. The molecule has 0 saturated heterocycles. The van der Waals surface area contributed by atoms with Gasteiger partial charge in [-0.05, 0) is 31.6 Å². The van der Waals surface area contributed by atoms with Crippen molar-refractivity contribution in [2.24, 2.45) is 5.92 Å². The molecule has 0 aromatic rings. The first kappa shape index (κ1) is 9.51. The zero-order valence-electron chi connectivity index (χ0n) is 8.89. The van der Waals surface area contributed by atoms with Gasteiger partial charge in [0.05, 0.1) is 0 Å². The molecule has 0 aromatic heterocycles. The maximum atomic E-state index is 3.84. The Hall–Kier alpha value is -0.0400. The van der Waals surface area contributed by atoms with Crippen LogP contribution in [0, 0.1) is 5.92 Å². The van der Waals surface area contributed by atoms with Gasteiger partial charge in [0, 0.05) is 12.1 Å². The van der Waals surface area contributed by atoms with E-state index in [1.54, 1.807) is 0 Å². The third kappa shape index (κ3) is 2.98. The van der Waals surface area contributed by atoms with Crippen LogP contribution in [0.25, 0.3) is 0 Å². The number of rotatable bonds is 5. The van der Waals surface area contributed by atoms with Crippen LogP contribution in [0.3, 0.4) is 0 Å². The Balaban J connectivity index is 1.68. The Morgan fingerprint density at radius 1 is 1.15 bits per heavy atom. The van der Waals surface area contributed by atoms with Crippen LogP contribution < -0.4 is 5.32 Å². The lowest BCUT2D eigenvalue weighted by Crippen LogP contribution is -2.36. The maximum absolute atomic E-state index is 3.84. The van der Waals surface area contributed by atoms with Crippen LogP contribution in [0.4, 0.5) is 0 Å². The minimum absolute atomic E-state index is 0.829. The van der Waals surface area contributed by atoms with Gasteiger partial charge in [0.25, 0.3) is 0 Å². The van der Waals surface area contributed by atoms with E-state index in [2.05, 4.69) is 12.2 Å². The van der Waals surface area contributed by atoms with Gasteiger partial charge in [-0.15, -0.1) is 0 Å². The summed E-state index contributed by atoms with van der Waals surface area (Å²) < 4.78 is 0. The Kier molecular flexibility index (Phi) is 3.26. The van der Waals surface area contributed by atoms with Gasteiger partial charge in [-0.3, -0.25) is 0 Å². The van der Waals surface area contributed by atoms with E-state index in [4.69, 9.17) is 0 Å². The summed E-state index contributed by atoms with van der Waals surface area (Å²) in [4.78, 5) is 0. The fourth-order valence-corrected chi connectivity index (χ4v) is 2.53. The third-order valence-electron chi connectivity index (χ3n) is 3.63. The van der Waals surface area contributed by atoms with E-state index >= 15 is 0 Å². The first-order valence-electron chi connectivity index (χ1n) is 6.14. The predicted octanol–water partition coefficient (Wildman–Crippen LogP) is 3.10. The van der Waals surface area contributed by atoms with Crippen LogP contribution >= 0.6 is 0 Å². The minimum atomic E-state index is 0.829. The van der Waals surface area contributed by atoms with Crippen molar-refractivity contribution in [1.29, 1.82) is 0 Å². The van der Waals surface area contributed by atoms with Gasteiger partial charge in [0.15, 0.2) is 0 Å². The molecule has 1 nitrogen and oxygen atoms in total. The van der Waals surface area contributed by atoms with Crippen molar-refractivity contribution in [2.75, 3.05) is 0 Å². The summed E-state index contributed by atoms with van der Waals surface area (Å²) >= 11 is 0. The van der Waals surface area contributed by atoms with Crippen molar-refractivity contribution in [3.63, 3.8) is 0 Å². The second-order valence-electron chi connectivity index (χ2n) is 4.93. The summed E-state index contributed by atoms with van der Waals surface area (Å²) in [6.45, 7) is 2.33. The summed E-state index contributed by atoms with van der Waals surface area (Å²) in [6.07, 6.45) is 11.6. The molecule has 0 amide bonds. The molecule has 0 radical (unpaired) electrons. The molecule has 0 aliphatic heterocycles. The Labute approximate surface area is 82.3 Å². The van der Waals surface area contributed by atoms with Crippen LogP contribution in [0.2, 0.25) is 0 Å². The molecule has 1 N–H and O–H groups in total. The van der Waals surface area contributed by atoms with Gasteiger partial charge in [0.1, 0.15) is 0 Å². The molecular weight excluding hydrogens is 158 g/mol. The van der Waals surface area contributed by atoms with E-state index in [0.717, 1.165) is 18.0 Å². The number of hydrogen-bond donors (Lipinski definition) is 1. The van der Waals surface area contributed by atoms with Crippen molar-refractivity contribution < 1.29 is 0 Å². The minimum Gasteiger partial charge on any atom is -0.311 e. The van der Waals surface area contributed by atoms with E-state index in [1.165, 1.54) is 51.4 Å². The Morgan fingerprint density at radius 2 is 1.85 bits per heavy atom. The molecule has 2 saturated carbocycles. The highest BCUT2D eigenvalue weighted by Gasteiger charge is 2.26. The fourth-order valence-electron chi connectivity index (χ4n) is 2.53. The molecule has 1 atom stereocenters. The Bertz CT molecular complexity index is 145. The smallest absolute Gasteiger partial charge is 0.00696 e. The van der Waals surface area contributed by atoms with Gasteiger partial charge in [-0.2, -0.15) is 0 Å². The number of nitrogens with one attached hydrogen (secondary N) is 1. The molecule has 2 aliphatic carbocycles. The molecule has 0 bridgehead atoms. The van der Waals surface area contributed by atoms with Gasteiger partial charge in [-0.1, -0.05) is 32.6 Å². The summed E-state index contributed by atoms with van der Waals surface area (Å²) in [7, 11) is 0. The SMILES string of the molecule is CCC(CC1CC1)NC1CCCC1. The van der Waals surface area contributed by atoms with Crippen molar-refractivity contribution in [3.05, 3.63) is 0 Å². The molecule has 13 heavy (non-hydrogen) atoms. The van der Waals surface area contributed by atoms with E-state index in [1.807, 2.05) is 0 Å². The van der Waals surface area contributed by atoms with Crippen molar-refractivity contribution in [2.45, 2.75) is 70.4 Å². The van der Waals surface area contributed by atoms with Crippen molar-refractivity contribution >= 4 is 0 Å². The highest BCUT2D eigenvalue weighted by Crippen LogP contribution is 2.34. The standard InChI is InChI=1S/C12H23N/c1-2-11(9-10-7-8-10)13-12-5-3-4-6-12/h10-13H,2-9H2,1H3. The zero-order chi connectivity index (χ0) is 9.10. The second kappa shape index (κ2) is 4.45. The molecule has 76 valence electrons.